The van der Waals surface area contributed by atoms with E-state index in [-0.39, 0.29) is 5.91 Å². The molecule has 2 aliphatic rings. The topological polar surface area (TPSA) is 45.7 Å². The van der Waals surface area contributed by atoms with Gasteiger partial charge in [-0.05, 0) is 37.3 Å². The van der Waals surface area contributed by atoms with Gasteiger partial charge in [0.15, 0.2) is 0 Å². The molecule has 3 atom stereocenters. The number of hydrogen-bond donors (Lipinski definition) is 0. The van der Waals surface area contributed by atoms with Gasteiger partial charge in [-0.15, -0.1) is 0 Å². The Bertz CT molecular complexity index is 522. The Hall–Kier alpha value is -1.46. The van der Waals surface area contributed by atoms with E-state index in [0.29, 0.717) is 12.0 Å². The third-order valence-electron chi connectivity index (χ3n) is 4.94. The Morgan fingerprint density at radius 3 is 3.00 bits per heavy atom. The van der Waals surface area contributed by atoms with E-state index in [1.807, 2.05) is 24.4 Å². The van der Waals surface area contributed by atoms with Crippen LogP contribution in [0.25, 0.3) is 0 Å². The smallest absolute Gasteiger partial charge is 0.266 e. The molecule has 1 aromatic heterocycles. The van der Waals surface area contributed by atoms with Crippen LogP contribution < -0.4 is 0 Å². The molecule has 0 spiro atoms. The normalized spacial score (nSPS) is 31.6. The van der Waals surface area contributed by atoms with Crippen molar-refractivity contribution in [3.63, 3.8) is 0 Å². The van der Waals surface area contributed by atoms with Crippen molar-refractivity contribution in [2.24, 2.45) is 5.92 Å². The van der Waals surface area contributed by atoms with Crippen LogP contribution in [-0.4, -0.2) is 46.6 Å². The Labute approximate surface area is 125 Å². The number of piperidine rings is 1. The second-order valence-electron chi connectivity index (χ2n) is 6.37. The van der Waals surface area contributed by atoms with Gasteiger partial charge in [-0.2, -0.15) is 0 Å². The van der Waals surface area contributed by atoms with E-state index >= 15 is 0 Å². The Morgan fingerprint density at radius 1 is 1.52 bits per heavy atom. The molecule has 21 heavy (non-hydrogen) atoms. The van der Waals surface area contributed by atoms with E-state index in [1.165, 1.54) is 11.5 Å². The van der Waals surface area contributed by atoms with Crippen molar-refractivity contribution >= 4 is 5.91 Å². The summed E-state index contributed by atoms with van der Waals surface area (Å²) in [4.78, 5) is 24.6. The standard InChI is InChI=1S/C16H23N3O2/c1-12-8-14-10-16(9-12,15(20)18(2)21-3)19(14)11-13-6-4-5-7-17-13/h4-7,12,14H,8-11H2,1-3H3. The molecule has 2 heterocycles. The summed E-state index contributed by atoms with van der Waals surface area (Å²) >= 11 is 0. The lowest BCUT2D eigenvalue weighted by Gasteiger charge is -2.62. The number of hydrogen-bond acceptors (Lipinski definition) is 4. The van der Waals surface area contributed by atoms with E-state index in [0.717, 1.165) is 25.1 Å². The first-order valence-corrected chi connectivity index (χ1v) is 7.56. The predicted molar refractivity (Wildman–Crippen MR) is 79.1 cm³/mol. The maximum atomic E-state index is 12.8. The fourth-order valence-electron chi connectivity index (χ4n) is 4.01. The fourth-order valence-corrected chi connectivity index (χ4v) is 4.01. The lowest BCUT2D eigenvalue weighted by molar-refractivity contribution is -0.210. The molecular weight excluding hydrogens is 266 g/mol. The van der Waals surface area contributed by atoms with Crippen molar-refractivity contribution in [1.29, 1.82) is 0 Å². The Morgan fingerprint density at radius 2 is 2.33 bits per heavy atom. The van der Waals surface area contributed by atoms with Gasteiger partial charge in [0.2, 0.25) is 0 Å². The zero-order chi connectivity index (χ0) is 15.0. The lowest BCUT2D eigenvalue weighted by Crippen LogP contribution is -2.74. The van der Waals surface area contributed by atoms with Crippen molar-refractivity contribution < 1.29 is 9.63 Å². The van der Waals surface area contributed by atoms with Gasteiger partial charge >= 0.3 is 0 Å². The van der Waals surface area contributed by atoms with Crippen LogP contribution in [0.2, 0.25) is 0 Å². The molecule has 5 nitrogen and oxygen atoms in total. The number of amides is 1. The molecule has 1 aliphatic heterocycles. The Kier molecular flexibility index (Phi) is 3.71. The molecule has 3 unspecified atom stereocenters. The molecule has 5 heteroatoms. The first-order chi connectivity index (χ1) is 10.1. The monoisotopic (exact) mass is 289 g/mol. The summed E-state index contributed by atoms with van der Waals surface area (Å²) in [6.45, 7) is 2.97. The van der Waals surface area contributed by atoms with Crippen molar-refractivity contribution in [2.75, 3.05) is 14.2 Å². The van der Waals surface area contributed by atoms with Crippen LogP contribution in [-0.2, 0) is 16.2 Å². The molecule has 0 aromatic carbocycles. The zero-order valence-electron chi connectivity index (χ0n) is 13.0. The summed E-state index contributed by atoms with van der Waals surface area (Å²) < 4.78 is 0. The van der Waals surface area contributed by atoms with Crippen LogP contribution in [0.4, 0.5) is 0 Å². The maximum absolute atomic E-state index is 12.8. The first kappa shape index (κ1) is 14.5. The molecule has 3 rings (SSSR count). The molecule has 2 bridgehead atoms. The zero-order valence-corrected chi connectivity index (χ0v) is 13.0. The van der Waals surface area contributed by atoms with Gasteiger partial charge < -0.3 is 0 Å². The van der Waals surface area contributed by atoms with Crippen LogP contribution in [0, 0.1) is 5.92 Å². The summed E-state index contributed by atoms with van der Waals surface area (Å²) in [7, 11) is 3.24. The Balaban J connectivity index is 1.83. The minimum Gasteiger partial charge on any atom is -0.280 e. The lowest BCUT2D eigenvalue weighted by atomic mass is 9.63. The van der Waals surface area contributed by atoms with Crippen molar-refractivity contribution in [1.82, 2.24) is 14.9 Å². The minimum atomic E-state index is -0.398. The highest BCUT2D eigenvalue weighted by atomic mass is 16.7. The van der Waals surface area contributed by atoms with Crippen LogP contribution in [0.15, 0.2) is 24.4 Å². The summed E-state index contributed by atoms with van der Waals surface area (Å²) in [6.07, 6.45) is 4.82. The number of aromatic nitrogens is 1. The number of hydroxylamine groups is 2. The second-order valence-corrected chi connectivity index (χ2v) is 6.37. The number of likely N-dealkylation sites (N-methyl/N-ethyl adjacent to an activating group) is 1. The van der Waals surface area contributed by atoms with Gasteiger partial charge in [-0.3, -0.25) is 19.5 Å². The quantitative estimate of drug-likeness (QED) is 0.794. The van der Waals surface area contributed by atoms with Crippen LogP contribution in [0.1, 0.15) is 31.9 Å². The average Bonchev–Trinajstić information content (AvgIpc) is 2.51. The van der Waals surface area contributed by atoms with Crippen molar-refractivity contribution in [3.05, 3.63) is 30.1 Å². The molecule has 114 valence electrons. The van der Waals surface area contributed by atoms with Gasteiger partial charge in [0, 0.05) is 25.8 Å². The van der Waals surface area contributed by atoms with Crippen molar-refractivity contribution in [2.45, 2.75) is 44.3 Å². The van der Waals surface area contributed by atoms with Crippen LogP contribution in [0.5, 0.6) is 0 Å². The number of carbonyl (C=O) groups excluding carboxylic acids is 1. The molecular formula is C16H23N3O2. The molecule has 1 aromatic rings. The number of pyridine rings is 1. The first-order valence-electron chi connectivity index (χ1n) is 7.56. The minimum absolute atomic E-state index is 0.0729. The number of likely N-dealkylation sites (tertiary alicyclic amines) is 1. The summed E-state index contributed by atoms with van der Waals surface area (Å²) in [5, 5.41) is 1.37. The van der Waals surface area contributed by atoms with Gasteiger partial charge in [-0.25, -0.2) is 5.06 Å². The number of nitrogens with zero attached hydrogens (tertiary/aromatic N) is 3. The van der Waals surface area contributed by atoms with E-state index in [9.17, 15) is 4.79 Å². The number of fused-ring (bicyclic) bond motifs is 2. The van der Waals surface area contributed by atoms with E-state index in [4.69, 9.17) is 4.84 Å². The predicted octanol–water partition coefficient (Wildman–Crippen LogP) is 1.84. The van der Waals surface area contributed by atoms with Crippen molar-refractivity contribution in [3.8, 4) is 0 Å². The number of carbonyl (C=O) groups is 1. The van der Waals surface area contributed by atoms with Gasteiger partial charge in [0.05, 0.1) is 12.8 Å². The molecule has 1 amide bonds. The van der Waals surface area contributed by atoms with Gasteiger partial charge in [-0.1, -0.05) is 13.0 Å². The summed E-state index contributed by atoms with van der Waals surface area (Å²) in [6, 6.07) is 6.43. The van der Waals surface area contributed by atoms with E-state index in [1.54, 1.807) is 14.2 Å². The summed E-state index contributed by atoms with van der Waals surface area (Å²) in [5.74, 6) is 0.654. The highest BCUT2D eigenvalue weighted by Gasteiger charge is 2.61. The van der Waals surface area contributed by atoms with Crippen LogP contribution >= 0.6 is 0 Å². The molecule has 2 fully saturated rings. The largest absolute Gasteiger partial charge is 0.280 e. The molecule has 0 N–H and O–H groups in total. The highest BCUT2D eigenvalue weighted by Crippen LogP contribution is 2.51. The molecule has 1 saturated heterocycles. The fraction of sp³-hybridized carbons (Fsp3) is 0.625. The third kappa shape index (κ3) is 2.34. The van der Waals surface area contributed by atoms with Gasteiger partial charge in [0.25, 0.3) is 5.91 Å². The van der Waals surface area contributed by atoms with E-state index in [2.05, 4.69) is 16.8 Å². The second kappa shape index (κ2) is 5.39. The average molecular weight is 289 g/mol. The SMILES string of the molecule is CON(C)C(=O)C12CC(C)CC(C1)N2Cc1ccccn1. The summed E-state index contributed by atoms with van der Waals surface area (Å²) in [5.41, 5.74) is 0.624. The van der Waals surface area contributed by atoms with Crippen LogP contribution in [0.3, 0.4) is 0 Å². The maximum Gasteiger partial charge on any atom is 0.266 e. The molecule has 1 saturated carbocycles. The van der Waals surface area contributed by atoms with Gasteiger partial charge in [0.1, 0.15) is 5.54 Å². The van der Waals surface area contributed by atoms with E-state index < -0.39 is 5.54 Å². The molecule has 0 radical (unpaired) electrons. The number of rotatable bonds is 4. The third-order valence-corrected chi connectivity index (χ3v) is 4.94. The highest BCUT2D eigenvalue weighted by molar-refractivity contribution is 5.87. The molecule has 1 aliphatic carbocycles.